The SMILES string of the molecule is O=C(O)N1CCCCC1c1cn(Cc2ccc(Cl)s2)c2ccccc12. The molecule has 0 radical (unpaired) electrons. The minimum atomic E-state index is -0.827. The van der Waals surface area contributed by atoms with Crippen molar-refractivity contribution in [1.82, 2.24) is 9.47 Å². The smallest absolute Gasteiger partial charge is 0.407 e. The predicted octanol–water partition coefficient (Wildman–Crippen LogP) is 5.61. The number of rotatable bonds is 3. The maximum atomic E-state index is 11.7. The predicted molar refractivity (Wildman–Crippen MR) is 102 cm³/mol. The Hall–Kier alpha value is -1.98. The van der Waals surface area contributed by atoms with E-state index in [0.717, 1.165) is 46.6 Å². The Morgan fingerprint density at radius 1 is 1.24 bits per heavy atom. The van der Waals surface area contributed by atoms with Crippen molar-refractivity contribution in [2.45, 2.75) is 31.8 Å². The van der Waals surface area contributed by atoms with Gasteiger partial charge in [-0.1, -0.05) is 29.8 Å². The number of thiophene rings is 1. The summed E-state index contributed by atoms with van der Waals surface area (Å²) in [5.74, 6) is 0. The molecule has 4 nitrogen and oxygen atoms in total. The number of piperidine rings is 1. The molecule has 1 unspecified atom stereocenters. The number of para-hydroxylation sites is 1. The largest absolute Gasteiger partial charge is 0.465 e. The number of nitrogens with zero attached hydrogens (tertiary/aromatic N) is 2. The summed E-state index contributed by atoms with van der Waals surface area (Å²) in [6.45, 7) is 1.36. The lowest BCUT2D eigenvalue weighted by atomic mass is 9.95. The van der Waals surface area contributed by atoms with Crippen molar-refractivity contribution in [1.29, 1.82) is 0 Å². The number of amides is 1. The maximum absolute atomic E-state index is 11.7. The number of hydrogen-bond donors (Lipinski definition) is 1. The van der Waals surface area contributed by atoms with Crippen LogP contribution >= 0.6 is 22.9 Å². The van der Waals surface area contributed by atoms with Crippen LogP contribution in [0.15, 0.2) is 42.6 Å². The van der Waals surface area contributed by atoms with Crippen LogP contribution in [-0.2, 0) is 6.54 Å². The molecule has 0 spiro atoms. The molecule has 1 saturated heterocycles. The summed E-state index contributed by atoms with van der Waals surface area (Å²) >= 11 is 7.64. The van der Waals surface area contributed by atoms with Gasteiger partial charge in [0, 0.05) is 34.1 Å². The maximum Gasteiger partial charge on any atom is 0.407 e. The van der Waals surface area contributed by atoms with Gasteiger partial charge in [0.15, 0.2) is 0 Å². The summed E-state index contributed by atoms with van der Waals surface area (Å²) in [6, 6.07) is 12.1. The van der Waals surface area contributed by atoms with Crippen LogP contribution < -0.4 is 0 Å². The normalized spacial score (nSPS) is 18.0. The van der Waals surface area contributed by atoms with Gasteiger partial charge in [0.2, 0.25) is 0 Å². The Morgan fingerprint density at radius 3 is 2.84 bits per heavy atom. The van der Waals surface area contributed by atoms with E-state index in [4.69, 9.17) is 11.6 Å². The van der Waals surface area contributed by atoms with E-state index in [9.17, 15) is 9.90 Å². The molecule has 0 saturated carbocycles. The molecule has 0 aliphatic carbocycles. The molecule has 1 N–H and O–H groups in total. The van der Waals surface area contributed by atoms with Gasteiger partial charge in [0.1, 0.15) is 0 Å². The zero-order valence-electron chi connectivity index (χ0n) is 13.7. The quantitative estimate of drug-likeness (QED) is 0.647. The summed E-state index contributed by atoms with van der Waals surface area (Å²) < 4.78 is 3.00. The Balaban J connectivity index is 1.77. The second kappa shape index (κ2) is 6.73. The number of aromatic nitrogens is 1. The molecule has 25 heavy (non-hydrogen) atoms. The zero-order chi connectivity index (χ0) is 17.4. The highest BCUT2D eigenvalue weighted by molar-refractivity contribution is 7.16. The Morgan fingerprint density at radius 2 is 2.08 bits per heavy atom. The molecule has 130 valence electrons. The van der Waals surface area contributed by atoms with Crippen LogP contribution in [0.1, 0.15) is 35.7 Å². The summed E-state index contributed by atoms with van der Waals surface area (Å²) in [4.78, 5) is 14.5. The zero-order valence-corrected chi connectivity index (χ0v) is 15.3. The minimum absolute atomic E-state index is 0.0654. The molecule has 1 fully saturated rings. The van der Waals surface area contributed by atoms with Crippen LogP contribution in [0.4, 0.5) is 4.79 Å². The molecule has 3 heterocycles. The van der Waals surface area contributed by atoms with Gasteiger partial charge < -0.3 is 14.6 Å². The summed E-state index contributed by atoms with van der Waals surface area (Å²) in [7, 11) is 0. The number of likely N-dealkylation sites (tertiary alicyclic amines) is 1. The average Bonchev–Trinajstić information content (AvgIpc) is 3.19. The van der Waals surface area contributed by atoms with E-state index in [1.165, 1.54) is 4.88 Å². The number of hydrogen-bond acceptors (Lipinski definition) is 2. The van der Waals surface area contributed by atoms with Gasteiger partial charge in [-0.25, -0.2) is 4.79 Å². The minimum Gasteiger partial charge on any atom is -0.465 e. The van der Waals surface area contributed by atoms with Crippen LogP contribution in [0.25, 0.3) is 10.9 Å². The first kappa shape index (κ1) is 16.5. The van der Waals surface area contributed by atoms with E-state index in [-0.39, 0.29) is 6.04 Å². The molecule has 1 aromatic carbocycles. The van der Waals surface area contributed by atoms with Crippen LogP contribution in [0.2, 0.25) is 4.34 Å². The Labute approximate surface area is 155 Å². The first-order valence-electron chi connectivity index (χ1n) is 8.45. The molecule has 3 aromatic rings. The highest BCUT2D eigenvalue weighted by Crippen LogP contribution is 2.36. The van der Waals surface area contributed by atoms with Crippen LogP contribution in [-0.4, -0.2) is 27.2 Å². The lowest BCUT2D eigenvalue weighted by molar-refractivity contribution is 0.107. The van der Waals surface area contributed by atoms with Crippen molar-refractivity contribution < 1.29 is 9.90 Å². The third-order valence-electron chi connectivity index (χ3n) is 4.88. The van der Waals surface area contributed by atoms with Gasteiger partial charge in [0.05, 0.1) is 16.9 Å². The molecular weight excluding hydrogens is 356 g/mol. The third kappa shape index (κ3) is 3.14. The third-order valence-corrected chi connectivity index (χ3v) is 6.10. The van der Waals surface area contributed by atoms with Crippen molar-refractivity contribution in [3.63, 3.8) is 0 Å². The molecule has 0 bridgehead atoms. The number of fused-ring (bicyclic) bond motifs is 1. The summed E-state index contributed by atoms with van der Waals surface area (Å²) in [5.41, 5.74) is 2.25. The van der Waals surface area contributed by atoms with Crippen molar-refractivity contribution in [3.05, 3.63) is 57.4 Å². The van der Waals surface area contributed by atoms with Gasteiger partial charge in [-0.15, -0.1) is 11.3 Å². The van der Waals surface area contributed by atoms with E-state index in [1.807, 2.05) is 24.3 Å². The van der Waals surface area contributed by atoms with Gasteiger partial charge >= 0.3 is 6.09 Å². The lowest BCUT2D eigenvalue weighted by Crippen LogP contribution is -2.37. The van der Waals surface area contributed by atoms with E-state index in [2.05, 4.69) is 22.9 Å². The molecule has 1 atom stereocenters. The van der Waals surface area contributed by atoms with Gasteiger partial charge in [-0.2, -0.15) is 0 Å². The Kier molecular flexibility index (Phi) is 4.44. The van der Waals surface area contributed by atoms with E-state index < -0.39 is 6.09 Å². The highest BCUT2D eigenvalue weighted by atomic mass is 35.5. The van der Waals surface area contributed by atoms with Crippen molar-refractivity contribution in [2.75, 3.05) is 6.54 Å². The summed E-state index contributed by atoms with van der Waals surface area (Å²) in [6.07, 6.45) is 4.19. The molecule has 2 aromatic heterocycles. The van der Waals surface area contributed by atoms with Crippen molar-refractivity contribution in [3.8, 4) is 0 Å². The van der Waals surface area contributed by atoms with E-state index in [1.54, 1.807) is 16.2 Å². The number of carbonyl (C=O) groups is 1. The van der Waals surface area contributed by atoms with Crippen LogP contribution in [0.3, 0.4) is 0 Å². The van der Waals surface area contributed by atoms with Gasteiger partial charge in [-0.05, 0) is 37.5 Å². The standard InChI is InChI=1S/C19H19ClN2O2S/c20-18-9-8-13(25-18)11-21-12-15(14-5-1-2-6-16(14)21)17-7-3-4-10-22(17)19(23)24/h1-2,5-6,8-9,12,17H,3-4,7,10-11H2,(H,23,24). The molecule has 4 rings (SSSR count). The fourth-order valence-corrected chi connectivity index (χ4v) is 4.85. The molecule has 1 aliphatic rings. The van der Waals surface area contributed by atoms with Crippen LogP contribution in [0.5, 0.6) is 0 Å². The van der Waals surface area contributed by atoms with Gasteiger partial charge in [-0.3, -0.25) is 0 Å². The Bertz CT molecular complexity index is 917. The molecule has 1 aliphatic heterocycles. The van der Waals surface area contributed by atoms with Crippen molar-refractivity contribution >= 4 is 39.9 Å². The van der Waals surface area contributed by atoms with Crippen molar-refractivity contribution in [2.24, 2.45) is 0 Å². The lowest BCUT2D eigenvalue weighted by Gasteiger charge is -2.33. The number of benzene rings is 1. The second-order valence-electron chi connectivity index (χ2n) is 6.42. The monoisotopic (exact) mass is 374 g/mol. The van der Waals surface area contributed by atoms with Gasteiger partial charge in [0.25, 0.3) is 0 Å². The number of halogens is 1. The van der Waals surface area contributed by atoms with Crippen LogP contribution in [0, 0.1) is 0 Å². The van der Waals surface area contributed by atoms with E-state index in [0.29, 0.717) is 6.54 Å². The highest BCUT2D eigenvalue weighted by Gasteiger charge is 2.30. The molecular formula is C19H19ClN2O2S. The first-order chi connectivity index (χ1) is 12.1. The topological polar surface area (TPSA) is 45.5 Å². The van der Waals surface area contributed by atoms with E-state index >= 15 is 0 Å². The number of carboxylic acid groups (broad SMARTS) is 1. The molecule has 1 amide bonds. The molecule has 6 heteroatoms. The fourth-order valence-electron chi connectivity index (χ4n) is 3.76. The average molecular weight is 375 g/mol. The summed E-state index contributed by atoms with van der Waals surface area (Å²) in [5, 5.41) is 10.7. The second-order valence-corrected chi connectivity index (χ2v) is 8.22. The first-order valence-corrected chi connectivity index (χ1v) is 9.64. The fraction of sp³-hybridized carbons (Fsp3) is 0.316.